The number of halogens is 18. The Bertz CT molecular complexity index is 1340. The van der Waals surface area contributed by atoms with E-state index in [4.69, 9.17) is 18.9 Å². The zero-order chi connectivity index (χ0) is 50.2. The van der Waals surface area contributed by atoms with E-state index in [1.165, 1.54) is 19.3 Å². The van der Waals surface area contributed by atoms with Crippen LogP contribution < -0.4 is 0 Å². The van der Waals surface area contributed by atoms with Crippen molar-refractivity contribution in [1.29, 1.82) is 0 Å². The fraction of sp³-hybridized carbons (Fsp3) is 0.850. The van der Waals surface area contributed by atoms with E-state index in [0.29, 0.717) is 6.42 Å². The van der Waals surface area contributed by atoms with Gasteiger partial charge in [0.1, 0.15) is 0 Å². The fourth-order valence-electron chi connectivity index (χ4n) is 5.40. The molecule has 0 saturated heterocycles. The highest BCUT2D eigenvalue weighted by Gasteiger charge is 2.82. The van der Waals surface area contributed by atoms with Crippen LogP contribution in [0.1, 0.15) is 122 Å². The van der Waals surface area contributed by atoms with Crippen molar-refractivity contribution >= 4 is 11.9 Å². The van der Waals surface area contributed by atoms with E-state index >= 15 is 0 Å². The number of hydrogen-bond donors (Lipinski definition) is 1. The summed E-state index contributed by atoms with van der Waals surface area (Å²) < 4.78 is 256. The van der Waals surface area contributed by atoms with Gasteiger partial charge in [0.2, 0.25) is 0 Å². The number of aliphatic hydroxyl groups excluding tert-OH is 1. The minimum atomic E-state index is -7.21. The number of allylic oxidation sites excluding steroid dienone is 4. The normalized spacial score (nSPS) is 14.5. The van der Waals surface area contributed by atoms with E-state index < -0.39 is 144 Å². The third-order valence-electron chi connectivity index (χ3n) is 9.43. The smallest absolute Gasteiger partial charge is 0.460 e. The molecule has 0 saturated carbocycles. The minimum Gasteiger partial charge on any atom is -0.465 e. The Kier molecular flexibility index (Phi) is 27.1. The molecule has 1 N–H and O–H groups in total. The summed E-state index contributed by atoms with van der Waals surface area (Å²) in [4.78, 5) is 24.5. The number of ether oxygens (including phenoxy) is 4. The van der Waals surface area contributed by atoms with E-state index in [2.05, 4.69) is 31.2 Å². The van der Waals surface area contributed by atoms with Gasteiger partial charge in [-0.3, -0.25) is 9.59 Å². The minimum absolute atomic E-state index is 0.0457. The lowest BCUT2D eigenvalue weighted by Crippen LogP contribution is -2.60. The van der Waals surface area contributed by atoms with Crippen molar-refractivity contribution in [2.45, 2.75) is 177 Å². The van der Waals surface area contributed by atoms with E-state index in [9.17, 15) is 93.7 Å². The second kappa shape index (κ2) is 28.4. The van der Waals surface area contributed by atoms with E-state index in [-0.39, 0.29) is 6.42 Å². The second-order valence-corrected chi connectivity index (χ2v) is 15.0. The summed E-state index contributed by atoms with van der Waals surface area (Å²) in [6, 6.07) is 0. The van der Waals surface area contributed by atoms with Gasteiger partial charge in [-0.05, 0) is 51.4 Å². The molecule has 384 valence electrons. The SMILES string of the molecule is CCCCC/C=C\C/C=C\CCCCCCCC(=O)OCC(CO)COC(=O)CCC(OCCCC(F)(F)C(F)(F)C(F)(F)C(F)(F)F)OCCCC(F)(F)C(F)(F)C(F)(F)C(F)(F)F. The first-order valence-corrected chi connectivity index (χ1v) is 20.7. The average Bonchev–Trinajstić information content (AvgIpc) is 3.20. The number of unbranched alkanes of at least 4 members (excludes halogenated alkanes) is 8. The van der Waals surface area contributed by atoms with Gasteiger partial charge < -0.3 is 24.1 Å². The Balaban J connectivity index is 5.12. The van der Waals surface area contributed by atoms with Gasteiger partial charge in [0, 0.05) is 38.9 Å². The molecule has 0 spiro atoms. The van der Waals surface area contributed by atoms with Crippen molar-refractivity contribution in [3.05, 3.63) is 24.3 Å². The Labute approximate surface area is 364 Å². The molecule has 1 unspecified atom stereocenters. The third kappa shape index (κ3) is 20.8. The average molecular weight is 991 g/mol. The van der Waals surface area contributed by atoms with E-state index in [1.807, 2.05) is 0 Å². The molecule has 0 aromatic carbocycles. The Morgan fingerprint density at radius 1 is 0.508 bits per heavy atom. The molecule has 25 heteroatoms. The summed E-state index contributed by atoms with van der Waals surface area (Å²) in [5.41, 5.74) is 0. The Morgan fingerprint density at radius 2 is 0.908 bits per heavy atom. The topological polar surface area (TPSA) is 91.3 Å². The molecule has 65 heavy (non-hydrogen) atoms. The molecule has 0 rings (SSSR count). The molecule has 0 amide bonds. The number of carbonyl (C=O) groups is 2. The molecule has 0 aromatic heterocycles. The van der Waals surface area contributed by atoms with E-state index in [1.54, 1.807) is 0 Å². The standard InChI is InChI=1S/C40H56F18O7/c1-2-3-4-5-6-7-8-9-10-11-12-13-14-15-16-19-30(60)64-27-29(26-59)28-65-31(61)20-21-32(62-24-17-22-33(41,42)35(45,46)37(49,50)39(53,54)55)63-25-18-23-34(43,44)36(47,48)38(51,52)40(56,57)58/h6-7,9-10,29,32,59H,2-5,8,11-28H2,1H3/b7-6-,10-9-. The van der Waals surface area contributed by atoms with Crippen LogP contribution in [-0.2, 0) is 28.5 Å². The quantitative estimate of drug-likeness (QED) is 0.0220. The van der Waals surface area contributed by atoms with Crippen molar-refractivity contribution in [3.8, 4) is 0 Å². The van der Waals surface area contributed by atoms with Crippen molar-refractivity contribution in [3.63, 3.8) is 0 Å². The number of alkyl halides is 18. The predicted molar refractivity (Wildman–Crippen MR) is 197 cm³/mol. The Morgan fingerprint density at radius 3 is 1.32 bits per heavy atom. The van der Waals surface area contributed by atoms with Gasteiger partial charge in [-0.2, -0.15) is 79.0 Å². The largest absolute Gasteiger partial charge is 0.465 e. The molecule has 0 radical (unpaired) electrons. The van der Waals surface area contributed by atoms with E-state index in [0.717, 1.165) is 44.9 Å². The number of aliphatic hydroxyl groups is 1. The third-order valence-corrected chi connectivity index (χ3v) is 9.43. The zero-order valence-electron chi connectivity index (χ0n) is 35.4. The first kappa shape index (κ1) is 62.0. The van der Waals surface area contributed by atoms with Crippen LogP contribution >= 0.6 is 0 Å². The maximum Gasteiger partial charge on any atom is 0.460 e. The van der Waals surface area contributed by atoms with Crippen molar-refractivity contribution in [2.75, 3.05) is 33.0 Å². The van der Waals surface area contributed by atoms with Crippen LogP contribution in [0, 0.1) is 5.92 Å². The van der Waals surface area contributed by atoms with Crippen LogP contribution in [0.25, 0.3) is 0 Å². The molecule has 0 aromatic rings. The van der Waals surface area contributed by atoms with Gasteiger partial charge in [0.05, 0.1) is 32.2 Å². The summed E-state index contributed by atoms with van der Waals surface area (Å²) in [6.07, 6.45) is -6.65. The summed E-state index contributed by atoms with van der Waals surface area (Å²) >= 11 is 0. The molecule has 7 nitrogen and oxygen atoms in total. The molecule has 0 aliphatic carbocycles. The molecule has 1 atom stereocenters. The Hall–Kier alpha value is -2.96. The van der Waals surface area contributed by atoms with Gasteiger partial charge in [-0.15, -0.1) is 0 Å². The fourth-order valence-corrected chi connectivity index (χ4v) is 5.40. The number of esters is 2. The summed E-state index contributed by atoms with van der Waals surface area (Å²) in [6.45, 7) is -2.14. The van der Waals surface area contributed by atoms with Crippen LogP contribution in [0.15, 0.2) is 24.3 Å². The van der Waals surface area contributed by atoms with Crippen LogP contribution in [-0.4, -0.2) is 104 Å². The molecule has 0 aliphatic rings. The predicted octanol–water partition coefficient (Wildman–Crippen LogP) is 13.1. The van der Waals surface area contributed by atoms with Crippen LogP contribution in [0.4, 0.5) is 79.0 Å². The molecule has 0 aliphatic heterocycles. The zero-order valence-corrected chi connectivity index (χ0v) is 35.4. The monoisotopic (exact) mass is 990 g/mol. The van der Waals surface area contributed by atoms with Gasteiger partial charge in [-0.25, -0.2) is 0 Å². The highest BCUT2D eigenvalue weighted by molar-refractivity contribution is 5.69. The number of carbonyl (C=O) groups excluding carboxylic acids is 2. The first-order valence-electron chi connectivity index (χ1n) is 20.7. The maximum atomic E-state index is 13.9. The van der Waals surface area contributed by atoms with Crippen LogP contribution in [0.3, 0.4) is 0 Å². The van der Waals surface area contributed by atoms with Gasteiger partial charge in [-0.1, -0.05) is 63.3 Å². The molecule has 0 fully saturated rings. The molecule has 0 bridgehead atoms. The van der Waals surface area contributed by atoms with Gasteiger partial charge >= 0.3 is 59.8 Å². The molecular formula is C40H56F18O7. The number of rotatable bonds is 36. The summed E-state index contributed by atoms with van der Waals surface area (Å²) in [5, 5.41) is 9.59. The number of hydrogen-bond acceptors (Lipinski definition) is 7. The highest BCUT2D eigenvalue weighted by atomic mass is 19.4. The lowest BCUT2D eigenvalue weighted by Gasteiger charge is -2.34. The summed E-state index contributed by atoms with van der Waals surface area (Å²) in [5.74, 6) is -43.3. The lowest BCUT2D eigenvalue weighted by atomic mass is 10.00. The molecule has 0 heterocycles. The first-order chi connectivity index (χ1) is 29.9. The van der Waals surface area contributed by atoms with Crippen molar-refractivity contribution in [1.82, 2.24) is 0 Å². The molecular weight excluding hydrogens is 934 g/mol. The second-order valence-electron chi connectivity index (χ2n) is 15.0. The highest BCUT2D eigenvalue weighted by Crippen LogP contribution is 2.55. The van der Waals surface area contributed by atoms with Crippen LogP contribution in [0.5, 0.6) is 0 Å². The van der Waals surface area contributed by atoms with Crippen LogP contribution in [0.2, 0.25) is 0 Å². The maximum absolute atomic E-state index is 13.9. The van der Waals surface area contributed by atoms with Gasteiger partial charge in [0.15, 0.2) is 6.29 Å². The van der Waals surface area contributed by atoms with Crippen molar-refractivity contribution < 1.29 is 113 Å². The summed E-state index contributed by atoms with van der Waals surface area (Å²) in [7, 11) is 0. The van der Waals surface area contributed by atoms with Gasteiger partial charge in [0.25, 0.3) is 0 Å². The lowest BCUT2D eigenvalue weighted by molar-refractivity contribution is -0.397. The van der Waals surface area contributed by atoms with Crippen molar-refractivity contribution in [2.24, 2.45) is 5.92 Å².